The Bertz CT molecular complexity index is 809. The normalized spacial score (nSPS) is 22.9. The topological polar surface area (TPSA) is 43.1 Å². The van der Waals surface area contributed by atoms with Gasteiger partial charge < -0.3 is 0 Å². The van der Waals surface area contributed by atoms with Crippen molar-refractivity contribution in [3.63, 3.8) is 0 Å². The van der Waals surface area contributed by atoms with Crippen LogP contribution in [0, 0.1) is 12.8 Å². The Morgan fingerprint density at radius 2 is 1.74 bits per heavy atom. The Kier molecular flexibility index (Phi) is 3.54. The summed E-state index contributed by atoms with van der Waals surface area (Å²) in [5, 5.41) is 5.19. The number of hydrogen-bond acceptors (Lipinski definition) is 2. The first-order valence-electron chi connectivity index (χ1n) is 7.65. The standard InChI is InChI=1S/C19H16N2OS/c1-12-7-9-14(10-8-12)17-20-18(22)16-15(11-23-19(16)21-17)13-5-3-2-4-6-13/h2-11,16,19H,1H3,(H,20,21,22)/p+1. The molecule has 0 saturated carbocycles. The second kappa shape index (κ2) is 5.70. The third kappa shape index (κ3) is 2.59. The minimum absolute atomic E-state index is 0.0512. The van der Waals surface area contributed by atoms with Gasteiger partial charge >= 0.3 is 5.91 Å². The zero-order valence-electron chi connectivity index (χ0n) is 12.7. The fourth-order valence-corrected chi connectivity index (χ4v) is 4.18. The predicted molar refractivity (Wildman–Crippen MR) is 93.7 cm³/mol. The molecule has 2 atom stereocenters. The van der Waals surface area contributed by atoms with E-state index in [0.717, 1.165) is 22.5 Å². The predicted octanol–water partition coefficient (Wildman–Crippen LogP) is 1.68. The molecule has 2 N–H and O–H groups in total. The van der Waals surface area contributed by atoms with Crippen molar-refractivity contribution in [1.29, 1.82) is 0 Å². The molecule has 4 rings (SSSR count). The number of fused-ring (bicyclic) bond motifs is 1. The molecule has 2 aromatic rings. The molecule has 0 fully saturated rings. The van der Waals surface area contributed by atoms with Gasteiger partial charge in [0.15, 0.2) is 5.37 Å². The second-order valence-corrected chi connectivity index (χ2v) is 6.86. The number of amidine groups is 1. The van der Waals surface area contributed by atoms with Crippen LogP contribution in [0.15, 0.2) is 60.0 Å². The van der Waals surface area contributed by atoms with Crippen molar-refractivity contribution in [2.75, 3.05) is 0 Å². The van der Waals surface area contributed by atoms with Gasteiger partial charge in [-0.2, -0.15) is 0 Å². The number of thioether (sulfide) groups is 1. The molecule has 0 aromatic heterocycles. The van der Waals surface area contributed by atoms with E-state index >= 15 is 0 Å². The number of amides is 1. The fraction of sp³-hybridized carbons (Fsp3) is 0.158. The maximum atomic E-state index is 12.7. The van der Waals surface area contributed by atoms with Gasteiger partial charge in [-0.05, 0) is 35.6 Å². The van der Waals surface area contributed by atoms with E-state index in [-0.39, 0.29) is 17.2 Å². The van der Waals surface area contributed by atoms with E-state index in [2.05, 4.69) is 46.9 Å². The van der Waals surface area contributed by atoms with Gasteiger partial charge in [0, 0.05) is 0 Å². The first-order valence-corrected chi connectivity index (χ1v) is 8.59. The van der Waals surface area contributed by atoms with Gasteiger partial charge in [-0.1, -0.05) is 59.8 Å². The zero-order valence-corrected chi connectivity index (χ0v) is 13.6. The van der Waals surface area contributed by atoms with Gasteiger partial charge in [-0.3, -0.25) is 4.99 Å². The molecule has 0 aliphatic carbocycles. The van der Waals surface area contributed by atoms with E-state index < -0.39 is 0 Å². The van der Waals surface area contributed by atoms with Gasteiger partial charge in [0.25, 0.3) is 5.84 Å². The molecule has 2 aliphatic heterocycles. The van der Waals surface area contributed by atoms with E-state index in [1.165, 1.54) is 5.56 Å². The summed E-state index contributed by atoms with van der Waals surface area (Å²) in [7, 11) is 0. The zero-order chi connectivity index (χ0) is 15.8. The van der Waals surface area contributed by atoms with Gasteiger partial charge in [-0.25, -0.2) is 10.1 Å². The van der Waals surface area contributed by atoms with Crippen LogP contribution in [0.4, 0.5) is 0 Å². The summed E-state index contributed by atoms with van der Waals surface area (Å²) in [5.74, 6) is 0.701. The molecule has 1 amide bonds. The van der Waals surface area contributed by atoms with Crippen LogP contribution < -0.4 is 10.3 Å². The van der Waals surface area contributed by atoms with Crippen molar-refractivity contribution >= 4 is 29.1 Å². The lowest BCUT2D eigenvalue weighted by atomic mass is 9.92. The Hall–Kier alpha value is -2.33. The van der Waals surface area contributed by atoms with Crippen molar-refractivity contribution in [2.24, 2.45) is 5.92 Å². The minimum atomic E-state index is -0.156. The summed E-state index contributed by atoms with van der Waals surface area (Å²) >= 11 is 1.68. The summed E-state index contributed by atoms with van der Waals surface area (Å²) in [5.41, 5.74) is 4.42. The van der Waals surface area contributed by atoms with E-state index in [0.29, 0.717) is 0 Å². The molecule has 114 valence electrons. The number of carbonyl (C=O) groups excluding carboxylic acids is 1. The van der Waals surface area contributed by atoms with Crippen LogP contribution >= 0.6 is 11.8 Å². The molecule has 0 spiro atoms. The van der Waals surface area contributed by atoms with Crippen LogP contribution in [0.3, 0.4) is 0 Å². The highest BCUT2D eigenvalue weighted by molar-refractivity contribution is 8.03. The lowest BCUT2D eigenvalue weighted by Gasteiger charge is -2.20. The van der Waals surface area contributed by atoms with Crippen LogP contribution in [0.1, 0.15) is 16.7 Å². The third-order valence-electron chi connectivity index (χ3n) is 4.24. The summed E-state index contributed by atoms with van der Waals surface area (Å²) in [6.07, 6.45) is 0. The number of carbonyl (C=O) groups is 1. The Labute approximate surface area is 139 Å². The number of aryl methyl sites for hydroxylation is 1. The molecule has 2 aliphatic rings. The molecule has 3 nitrogen and oxygen atoms in total. The Balaban J connectivity index is 1.65. The minimum Gasteiger partial charge on any atom is -0.260 e. The average molecular weight is 321 g/mol. The molecule has 2 aromatic carbocycles. The second-order valence-electron chi connectivity index (χ2n) is 5.85. The van der Waals surface area contributed by atoms with E-state index in [1.54, 1.807) is 11.8 Å². The molecule has 2 heterocycles. The fourth-order valence-electron chi connectivity index (χ4n) is 2.99. The van der Waals surface area contributed by atoms with Crippen LogP contribution in [-0.2, 0) is 4.79 Å². The summed E-state index contributed by atoms with van der Waals surface area (Å²) in [4.78, 5) is 16.2. The van der Waals surface area contributed by atoms with Crippen molar-refractivity contribution in [3.05, 3.63) is 76.7 Å². The van der Waals surface area contributed by atoms with Gasteiger partial charge in [-0.15, -0.1) is 0 Å². The first-order chi connectivity index (χ1) is 11.2. The van der Waals surface area contributed by atoms with Gasteiger partial charge in [0.05, 0.1) is 5.56 Å². The molecule has 0 bridgehead atoms. The highest BCUT2D eigenvalue weighted by Gasteiger charge is 2.44. The lowest BCUT2D eigenvalue weighted by molar-refractivity contribution is -0.481. The molecular formula is C19H17N2OS+. The molecule has 0 radical (unpaired) electrons. The van der Waals surface area contributed by atoms with Crippen LogP contribution in [0.5, 0.6) is 0 Å². The average Bonchev–Trinajstić information content (AvgIpc) is 3.01. The quantitative estimate of drug-likeness (QED) is 0.884. The van der Waals surface area contributed by atoms with Crippen LogP contribution in [0.2, 0.25) is 0 Å². The largest absolute Gasteiger partial charge is 0.320 e. The van der Waals surface area contributed by atoms with E-state index in [4.69, 9.17) is 0 Å². The van der Waals surface area contributed by atoms with Crippen molar-refractivity contribution in [1.82, 2.24) is 5.32 Å². The highest BCUT2D eigenvalue weighted by Crippen LogP contribution is 2.39. The van der Waals surface area contributed by atoms with E-state index in [1.807, 2.05) is 30.3 Å². The maximum Gasteiger partial charge on any atom is 0.320 e. The number of nitrogens with one attached hydrogen (secondary N) is 2. The Morgan fingerprint density at radius 1 is 1.00 bits per heavy atom. The summed E-state index contributed by atoms with van der Waals surface area (Å²) in [6.45, 7) is 2.06. The Morgan fingerprint density at radius 3 is 2.48 bits per heavy atom. The SMILES string of the molecule is Cc1ccc(C2=[NH+]C3SC=C(c4ccccc4)C3C(=O)N2)cc1. The van der Waals surface area contributed by atoms with Crippen molar-refractivity contribution in [3.8, 4) is 0 Å². The van der Waals surface area contributed by atoms with Gasteiger partial charge in [0.2, 0.25) is 0 Å². The van der Waals surface area contributed by atoms with Crippen molar-refractivity contribution < 1.29 is 9.79 Å². The van der Waals surface area contributed by atoms with Crippen LogP contribution in [-0.4, -0.2) is 17.1 Å². The third-order valence-corrected chi connectivity index (χ3v) is 5.32. The summed E-state index contributed by atoms with van der Waals surface area (Å²) < 4.78 is 0. The highest BCUT2D eigenvalue weighted by atomic mass is 32.2. The lowest BCUT2D eigenvalue weighted by Crippen LogP contribution is -2.86. The summed E-state index contributed by atoms with van der Waals surface area (Å²) in [6, 6.07) is 18.3. The first kappa shape index (κ1) is 14.3. The van der Waals surface area contributed by atoms with Crippen molar-refractivity contribution in [2.45, 2.75) is 12.3 Å². The molecule has 4 heteroatoms. The molecule has 2 unspecified atom stereocenters. The molecular weight excluding hydrogens is 304 g/mol. The smallest absolute Gasteiger partial charge is 0.260 e. The maximum absolute atomic E-state index is 12.7. The van der Waals surface area contributed by atoms with E-state index in [9.17, 15) is 4.79 Å². The number of hydrogen-bond donors (Lipinski definition) is 2. The monoisotopic (exact) mass is 321 g/mol. The van der Waals surface area contributed by atoms with Crippen LogP contribution in [0.25, 0.3) is 5.57 Å². The van der Waals surface area contributed by atoms with Gasteiger partial charge in [0.1, 0.15) is 5.92 Å². The number of rotatable bonds is 2. The number of benzene rings is 2. The molecule has 0 saturated heterocycles. The molecule has 23 heavy (non-hydrogen) atoms.